The number of nitriles is 2. The van der Waals surface area contributed by atoms with E-state index in [1.165, 1.54) is 6.42 Å². The summed E-state index contributed by atoms with van der Waals surface area (Å²) in [5.41, 5.74) is 1.37. The van der Waals surface area contributed by atoms with Crippen LogP contribution in [0.15, 0.2) is 34.1 Å². The molecule has 0 unspecified atom stereocenters. The number of aromatic amines is 2. The van der Waals surface area contributed by atoms with E-state index in [-0.39, 0.29) is 28.6 Å². The molecule has 268 valence electrons. The lowest BCUT2D eigenvalue weighted by Gasteiger charge is -2.40. The number of fused-ring (bicyclic) bond motifs is 2. The predicted molar refractivity (Wildman–Crippen MR) is 201 cm³/mol. The molecule has 0 spiro atoms. The van der Waals surface area contributed by atoms with Crippen molar-refractivity contribution in [3.05, 3.63) is 72.8 Å². The molecular formula is C37H47Cl2N7O4. The Labute approximate surface area is 312 Å². The van der Waals surface area contributed by atoms with Crippen molar-refractivity contribution < 1.29 is 17.7 Å². The topological polar surface area (TPSA) is 161 Å². The molecule has 1 saturated carbocycles. The number of pyridine rings is 4. The molecule has 4 aromatic heterocycles. The summed E-state index contributed by atoms with van der Waals surface area (Å²) in [5.74, 6) is 0. The van der Waals surface area contributed by atoms with Crippen LogP contribution in [0.1, 0.15) is 103 Å². The summed E-state index contributed by atoms with van der Waals surface area (Å²) in [6.07, 6.45) is 10.8. The molecular weight excluding hydrogens is 677 g/mol. The Bertz CT molecular complexity index is 2200. The van der Waals surface area contributed by atoms with Crippen LogP contribution in [0.2, 0.25) is 5.02 Å². The van der Waals surface area contributed by atoms with Crippen LogP contribution in [0.5, 0.6) is 0 Å². The molecule has 13 heteroatoms. The maximum Gasteiger partial charge on any atom is 0.268 e. The van der Waals surface area contributed by atoms with Crippen molar-refractivity contribution in [1.82, 2.24) is 19.9 Å². The van der Waals surface area contributed by atoms with Gasteiger partial charge >= 0.3 is 0 Å². The molecule has 4 aromatic rings. The van der Waals surface area contributed by atoms with E-state index >= 15 is 0 Å². The fourth-order valence-corrected chi connectivity index (χ4v) is 6.33. The zero-order valence-electron chi connectivity index (χ0n) is 34.7. The average molecular weight is 731 g/mol. The summed E-state index contributed by atoms with van der Waals surface area (Å²) in [4.78, 5) is 39.6. The Morgan fingerprint density at radius 1 is 0.840 bits per heavy atom. The van der Waals surface area contributed by atoms with E-state index < -0.39 is 36.4 Å². The Morgan fingerprint density at radius 3 is 1.82 bits per heavy atom. The molecule has 0 radical (unpaired) electrons. The number of H-pyrrole nitrogens is 2. The molecule has 1 aliphatic carbocycles. The first kappa shape index (κ1) is 31.9. The number of halogens is 2. The summed E-state index contributed by atoms with van der Waals surface area (Å²) in [7, 11) is -4.68. The molecule has 0 amide bonds. The number of nitrogens with one attached hydrogen (secondary N) is 2. The van der Waals surface area contributed by atoms with Crippen molar-refractivity contribution in [1.29, 1.82) is 10.5 Å². The van der Waals surface area contributed by atoms with E-state index in [0.717, 1.165) is 55.3 Å². The maximum absolute atomic E-state index is 12.4. The first-order valence-electron chi connectivity index (χ1n) is 19.4. The zero-order chi connectivity index (χ0) is 40.8. The van der Waals surface area contributed by atoms with Crippen LogP contribution in [-0.4, -0.2) is 58.3 Å². The van der Waals surface area contributed by atoms with Gasteiger partial charge in [-0.15, -0.1) is 12.4 Å². The Morgan fingerprint density at radius 2 is 1.32 bits per heavy atom. The van der Waals surface area contributed by atoms with Gasteiger partial charge in [0.1, 0.15) is 23.3 Å². The van der Waals surface area contributed by atoms with Gasteiger partial charge in [-0.1, -0.05) is 44.7 Å². The highest BCUT2D eigenvalue weighted by atomic mass is 35.5. The molecule has 0 atom stereocenters. The van der Waals surface area contributed by atoms with E-state index in [1.54, 1.807) is 31.5 Å². The number of aromatic nitrogens is 4. The fraction of sp³-hybridized carbons (Fsp3) is 0.514. The third-order valence-corrected chi connectivity index (χ3v) is 9.70. The minimum Gasteiger partial charge on any atom is -0.379 e. The van der Waals surface area contributed by atoms with Crippen molar-refractivity contribution in [3.63, 3.8) is 0 Å². The quantitative estimate of drug-likeness (QED) is 0.217. The van der Waals surface area contributed by atoms with Crippen LogP contribution in [0.4, 0.5) is 5.69 Å². The second kappa shape index (κ2) is 17.8. The van der Waals surface area contributed by atoms with Crippen LogP contribution in [0.3, 0.4) is 0 Å². The number of rotatable bonds is 5. The van der Waals surface area contributed by atoms with Gasteiger partial charge in [-0.3, -0.25) is 19.6 Å². The highest BCUT2D eigenvalue weighted by Gasteiger charge is 2.32. The minimum atomic E-state index is -2.45. The van der Waals surface area contributed by atoms with Gasteiger partial charge < -0.3 is 24.3 Å². The Kier molecular flexibility index (Phi) is 11.4. The second-order valence-electron chi connectivity index (χ2n) is 12.8. The van der Waals surface area contributed by atoms with Gasteiger partial charge in [0.25, 0.3) is 11.1 Å². The molecule has 2 N–H and O–H groups in total. The fourth-order valence-electron chi connectivity index (χ4n) is 6.05. The summed E-state index contributed by atoms with van der Waals surface area (Å²) < 4.78 is 53.4. The van der Waals surface area contributed by atoms with Crippen molar-refractivity contribution >= 4 is 51.5 Å². The number of ether oxygens (including phenoxy) is 2. The van der Waals surface area contributed by atoms with Crippen molar-refractivity contribution in [3.8, 4) is 12.1 Å². The Hall–Kier alpha value is -4.00. The summed E-state index contributed by atoms with van der Waals surface area (Å²) >= 11 is 6.01. The molecule has 5 heterocycles. The molecule has 2 aliphatic rings. The van der Waals surface area contributed by atoms with E-state index in [2.05, 4.69) is 19.9 Å². The first-order chi connectivity index (χ1) is 25.7. The van der Waals surface area contributed by atoms with Gasteiger partial charge in [0, 0.05) is 49.3 Å². The number of methoxy groups -OCH3 is 2. The van der Waals surface area contributed by atoms with Crippen LogP contribution in [0, 0.1) is 22.7 Å². The van der Waals surface area contributed by atoms with Crippen LogP contribution in [0.25, 0.3) is 21.8 Å². The predicted octanol–water partition coefficient (Wildman–Crippen LogP) is 7.15. The molecule has 6 rings (SSSR count). The largest absolute Gasteiger partial charge is 0.379 e. The zero-order valence-corrected chi connectivity index (χ0v) is 30.3. The molecule has 2 fully saturated rings. The summed E-state index contributed by atoms with van der Waals surface area (Å²) in [6.45, 7) is 8.63. The van der Waals surface area contributed by atoms with E-state index in [0.29, 0.717) is 48.0 Å². The average Bonchev–Trinajstić information content (AvgIpc) is 3.10. The lowest BCUT2D eigenvalue weighted by Crippen LogP contribution is -2.44. The number of aryl methyl sites for hydroxylation is 2. The first-order valence-corrected chi connectivity index (χ1v) is 16.8. The molecule has 0 bridgehead atoms. The van der Waals surface area contributed by atoms with Gasteiger partial charge in [0.05, 0.1) is 53.6 Å². The van der Waals surface area contributed by atoms with Gasteiger partial charge in [0.2, 0.25) is 0 Å². The van der Waals surface area contributed by atoms with Crippen molar-refractivity contribution in [2.75, 3.05) is 32.1 Å². The van der Waals surface area contributed by atoms with E-state index in [1.807, 2.05) is 37.8 Å². The summed E-state index contributed by atoms with van der Waals surface area (Å²) in [6, 6.07) is 7.50. The SMILES string of the molecule is CCc1cc2c(Cl)c(C#N)c(=O)[nH]c2cn1.Cl.[2H]C([2H])([2H])OC1(C)CCCCC1.[2H]C([2H])([2H])OC1(C)CCN(c2c(C#N)c(=O)[nH]c3cnc(CC)cc23)CC1. The van der Waals surface area contributed by atoms with Crippen LogP contribution in [-0.2, 0) is 22.3 Å². The number of piperidine rings is 1. The van der Waals surface area contributed by atoms with Crippen LogP contribution >= 0.6 is 24.0 Å². The Balaban J connectivity index is 0.000000246. The third-order valence-electron chi connectivity index (χ3n) is 9.31. The molecule has 0 aromatic carbocycles. The maximum atomic E-state index is 12.4. The lowest BCUT2D eigenvalue weighted by molar-refractivity contribution is -0.0232. The van der Waals surface area contributed by atoms with Crippen molar-refractivity contribution in [2.45, 2.75) is 96.7 Å². The van der Waals surface area contributed by atoms with Gasteiger partial charge in [0.15, 0.2) is 0 Å². The molecule has 1 saturated heterocycles. The minimum absolute atomic E-state index is 0. The van der Waals surface area contributed by atoms with E-state index in [9.17, 15) is 14.9 Å². The van der Waals surface area contributed by atoms with Gasteiger partial charge in [-0.05, 0) is 64.5 Å². The van der Waals surface area contributed by atoms with Crippen LogP contribution < -0.4 is 16.0 Å². The highest BCUT2D eigenvalue weighted by Crippen LogP contribution is 2.34. The highest BCUT2D eigenvalue weighted by molar-refractivity contribution is 6.36. The normalized spacial score (nSPS) is 18.4. The smallest absolute Gasteiger partial charge is 0.268 e. The second-order valence-corrected chi connectivity index (χ2v) is 13.2. The van der Waals surface area contributed by atoms with Gasteiger partial charge in [-0.2, -0.15) is 10.5 Å². The molecule has 1 aliphatic heterocycles. The monoisotopic (exact) mass is 729 g/mol. The standard InChI is InChI=1S/C18H22N4O2.C11H8ClN3O.C8H16O.ClH/c1-4-12-9-13-15(11-20-12)21-17(23)14(10-19)16(13)22-7-5-18(2,24-3)6-8-22;1-2-6-3-7-9(5-14-6)15-11(16)8(4-13)10(7)12;1-8(9-2)6-4-3-5-7-8;/h9,11H,4-8H2,1-3H3,(H,21,23);3,5H,2H2,1H3,(H,15,16);3-7H2,1-2H3;1H/i3D3;;2D3;. The molecule has 50 heavy (non-hydrogen) atoms. The van der Waals surface area contributed by atoms with Gasteiger partial charge in [-0.25, -0.2) is 0 Å². The van der Waals surface area contributed by atoms with E-state index in [4.69, 9.17) is 34.6 Å². The number of nitrogens with zero attached hydrogens (tertiary/aromatic N) is 5. The number of anilines is 1. The number of hydrogen-bond donors (Lipinski definition) is 2. The van der Waals surface area contributed by atoms with Crippen molar-refractivity contribution in [2.24, 2.45) is 0 Å². The third kappa shape index (κ3) is 9.21. The number of hydrogen-bond acceptors (Lipinski definition) is 9. The summed E-state index contributed by atoms with van der Waals surface area (Å²) in [5, 5.41) is 20.0. The molecule has 11 nitrogen and oxygen atoms in total. The lowest BCUT2D eigenvalue weighted by atomic mass is 9.86.